The number of rotatable bonds is 4. The van der Waals surface area contributed by atoms with Crippen LogP contribution in [0, 0.1) is 6.92 Å². The lowest BCUT2D eigenvalue weighted by molar-refractivity contribution is 0.309. The Morgan fingerprint density at radius 1 is 1.20 bits per heavy atom. The van der Waals surface area contributed by atoms with E-state index in [0.717, 1.165) is 17.9 Å². The van der Waals surface area contributed by atoms with Crippen molar-refractivity contribution in [1.29, 1.82) is 0 Å². The number of benzene rings is 1. The molecule has 0 unspecified atom stereocenters. The number of ether oxygens (including phenoxy) is 1. The molecule has 2 heteroatoms. The van der Waals surface area contributed by atoms with E-state index in [1.54, 1.807) is 6.26 Å². The normalized spacial score (nSPS) is 10.2. The summed E-state index contributed by atoms with van der Waals surface area (Å²) >= 11 is 0. The van der Waals surface area contributed by atoms with Gasteiger partial charge in [0.1, 0.15) is 11.5 Å². The van der Waals surface area contributed by atoms with Crippen molar-refractivity contribution in [3.8, 4) is 5.75 Å². The van der Waals surface area contributed by atoms with E-state index in [1.165, 1.54) is 5.56 Å². The summed E-state index contributed by atoms with van der Waals surface area (Å²) in [5.74, 6) is 1.88. The van der Waals surface area contributed by atoms with Crippen LogP contribution in [0.3, 0.4) is 0 Å². The van der Waals surface area contributed by atoms with Gasteiger partial charge in [-0.25, -0.2) is 0 Å². The maximum atomic E-state index is 5.60. The van der Waals surface area contributed by atoms with Crippen LogP contribution in [0.2, 0.25) is 0 Å². The van der Waals surface area contributed by atoms with Gasteiger partial charge in [-0.2, -0.15) is 0 Å². The molecule has 2 nitrogen and oxygen atoms in total. The van der Waals surface area contributed by atoms with Gasteiger partial charge in [0, 0.05) is 6.42 Å². The highest BCUT2D eigenvalue weighted by Gasteiger charge is 1.97. The van der Waals surface area contributed by atoms with Crippen LogP contribution in [0.25, 0.3) is 0 Å². The first-order chi connectivity index (χ1) is 7.34. The van der Waals surface area contributed by atoms with Gasteiger partial charge in [-0.1, -0.05) is 12.1 Å². The Morgan fingerprint density at radius 2 is 2.13 bits per heavy atom. The van der Waals surface area contributed by atoms with E-state index in [4.69, 9.17) is 9.15 Å². The van der Waals surface area contributed by atoms with Crippen LogP contribution >= 0.6 is 0 Å². The second-order valence-corrected chi connectivity index (χ2v) is 3.49. The first kappa shape index (κ1) is 9.84. The number of furan rings is 1. The molecule has 1 aromatic carbocycles. The SMILES string of the molecule is Cc1cccc(OCCc2ccco2)c1. The molecule has 0 radical (unpaired) electrons. The topological polar surface area (TPSA) is 22.4 Å². The summed E-state index contributed by atoms with van der Waals surface area (Å²) in [7, 11) is 0. The van der Waals surface area contributed by atoms with Gasteiger partial charge < -0.3 is 9.15 Å². The highest BCUT2D eigenvalue weighted by Crippen LogP contribution is 2.12. The molecule has 2 aromatic rings. The number of aryl methyl sites for hydroxylation is 1. The van der Waals surface area contributed by atoms with Crippen molar-refractivity contribution in [2.45, 2.75) is 13.3 Å². The third kappa shape index (κ3) is 2.88. The average molecular weight is 202 g/mol. The lowest BCUT2D eigenvalue weighted by Gasteiger charge is -2.05. The minimum Gasteiger partial charge on any atom is -0.493 e. The Hall–Kier alpha value is -1.70. The molecule has 78 valence electrons. The standard InChI is InChI=1S/C13H14O2/c1-11-4-2-5-13(10-11)15-9-7-12-6-3-8-14-12/h2-6,8,10H,7,9H2,1H3. The van der Waals surface area contributed by atoms with E-state index >= 15 is 0 Å². The molecule has 0 aliphatic rings. The fraction of sp³-hybridized carbons (Fsp3) is 0.231. The second-order valence-electron chi connectivity index (χ2n) is 3.49. The van der Waals surface area contributed by atoms with Crippen LogP contribution in [0.1, 0.15) is 11.3 Å². The molecule has 0 saturated carbocycles. The zero-order valence-electron chi connectivity index (χ0n) is 8.77. The van der Waals surface area contributed by atoms with Gasteiger partial charge >= 0.3 is 0 Å². The van der Waals surface area contributed by atoms with E-state index < -0.39 is 0 Å². The third-order valence-corrected chi connectivity index (χ3v) is 2.19. The van der Waals surface area contributed by atoms with Crippen molar-refractivity contribution in [2.75, 3.05) is 6.61 Å². The molecule has 0 saturated heterocycles. The fourth-order valence-corrected chi connectivity index (χ4v) is 1.43. The lowest BCUT2D eigenvalue weighted by atomic mass is 10.2. The van der Waals surface area contributed by atoms with Gasteiger partial charge in [0.25, 0.3) is 0 Å². The summed E-state index contributed by atoms with van der Waals surface area (Å²) < 4.78 is 10.8. The minimum absolute atomic E-state index is 0.650. The lowest BCUT2D eigenvalue weighted by Crippen LogP contribution is -2.00. The van der Waals surface area contributed by atoms with E-state index in [9.17, 15) is 0 Å². The van der Waals surface area contributed by atoms with Crippen molar-refractivity contribution in [1.82, 2.24) is 0 Å². The second kappa shape index (κ2) is 4.69. The summed E-state index contributed by atoms with van der Waals surface area (Å²) in [6.45, 7) is 2.70. The Kier molecular flexibility index (Phi) is 3.08. The zero-order valence-corrected chi connectivity index (χ0v) is 8.77. The third-order valence-electron chi connectivity index (χ3n) is 2.19. The van der Waals surface area contributed by atoms with Crippen LogP contribution in [-0.2, 0) is 6.42 Å². The molecule has 0 aliphatic heterocycles. The molecule has 0 atom stereocenters. The van der Waals surface area contributed by atoms with Crippen molar-refractivity contribution in [3.63, 3.8) is 0 Å². The predicted molar refractivity (Wildman–Crippen MR) is 59.1 cm³/mol. The summed E-state index contributed by atoms with van der Waals surface area (Å²) in [5, 5.41) is 0. The van der Waals surface area contributed by atoms with Gasteiger partial charge in [-0.05, 0) is 36.8 Å². The molecule has 2 rings (SSSR count). The van der Waals surface area contributed by atoms with E-state index in [2.05, 4.69) is 13.0 Å². The highest BCUT2D eigenvalue weighted by molar-refractivity contribution is 5.27. The Balaban J connectivity index is 1.83. The first-order valence-corrected chi connectivity index (χ1v) is 5.06. The number of hydrogen-bond acceptors (Lipinski definition) is 2. The van der Waals surface area contributed by atoms with E-state index in [0.29, 0.717) is 6.61 Å². The number of hydrogen-bond donors (Lipinski definition) is 0. The molecule has 0 bridgehead atoms. The fourth-order valence-electron chi connectivity index (χ4n) is 1.43. The highest BCUT2D eigenvalue weighted by atomic mass is 16.5. The summed E-state index contributed by atoms with van der Waals surface area (Å²) in [6.07, 6.45) is 2.49. The van der Waals surface area contributed by atoms with Gasteiger partial charge in [0.2, 0.25) is 0 Å². The van der Waals surface area contributed by atoms with Crippen LogP contribution in [0.5, 0.6) is 5.75 Å². The maximum Gasteiger partial charge on any atom is 0.119 e. The Morgan fingerprint density at radius 3 is 2.87 bits per heavy atom. The quantitative estimate of drug-likeness (QED) is 0.759. The molecule has 0 spiro atoms. The molecular formula is C13H14O2. The van der Waals surface area contributed by atoms with Crippen LogP contribution in [0.15, 0.2) is 47.1 Å². The smallest absolute Gasteiger partial charge is 0.119 e. The zero-order chi connectivity index (χ0) is 10.5. The summed E-state index contributed by atoms with van der Waals surface area (Å²) in [4.78, 5) is 0. The maximum absolute atomic E-state index is 5.60. The van der Waals surface area contributed by atoms with Crippen molar-refractivity contribution >= 4 is 0 Å². The Bertz CT molecular complexity index is 404. The Labute approximate surface area is 89.5 Å². The van der Waals surface area contributed by atoms with E-state index in [1.807, 2.05) is 30.3 Å². The van der Waals surface area contributed by atoms with Crippen LogP contribution < -0.4 is 4.74 Å². The molecule has 0 N–H and O–H groups in total. The molecule has 1 heterocycles. The van der Waals surface area contributed by atoms with Crippen LogP contribution in [-0.4, -0.2) is 6.61 Å². The molecule has 0 amide bonds. The van der Waals surface area contributed by atoms with Gasteiger partial charge in [-0.15, -0.1) is 0 Å². The van der Waals surface area contributed by atoms with Gasteiger partial charge in [0.15, 0.2) is 0 Å². The molecule has 0 aliphatic carbocycles. The van der Waals surface area contributed by atoms with Crippen molar-refractivity contribution < 1.29 is 9.15 Å². The molecule has 0 fully saturated rings. The van der Waals surface area contributed by atoms with Crippen molar-refractivity contribution in [3.05, 3.63) is 54.0 Å². The van der Waals surface area contributed by atoms with Gasteiger partial charge in [-0.3, -0.25) is 0 Å². The van der Waals surface area contributed by atoms with Crippen molar-refractivity contribution in [2.24, 2.45) is 0 Å². The molecule has 1 aromatic heterocycles. The molecular weight excluding hydrogens is 188 g/mol. The van der Waals surface area contributed by atoms with Crippen LogP contribution in [0.4, 0.5) is 0 Å². The van der Waals surface area contributed by atoms with Gasteiger partial charge in [0.05, 0.1) is 12.9 Å². The average Bonchev–Trinajstić information content (AvgIpc) is 2.71. The molecule has 15 heavy (non-hydrogen) atoms. The minimum atomic E-state index is 0.650. The first-order valence-electron chi connectivity index (χ1n) is 5.06. The largest absolute Gasteiger partial charge is 0.493 e. The van der Waals surface area contributed by atoms with E-state index in [-0.39, 0.29) is 0 Å². The summed E-state index contributed by atoms with van der Waals surface area (Å²) in [5.41, 5.74) is 1.21. The monoisotopic (exact) mass is 202 g/mol. The summed E-state index contributed by atoms with van der Waals surface area (Å²) in [6, 6.07) is 11.9. The predicted octanol–water partition coefficient (Wildman–Crippen LogP) is 3.21.